The van der Waals surface area contributed by atoms with E-state index in [1.807, 2.05) is 6.07 Å². The highest BCUT2D eigenvalue weighted by molar-refractivity contribution is 7.14. The zero-order valence-corrected chi connectivity index (χ0v) is 18.2. The number of nitrogens with two attached hydrogens (primary N) is 1. The van der Waals surface area contributed by atoms with Crippen LogP contribution in [0.25, 0.3) is 0 Å². The first-order valence-electron chi connectivity index (χ1n) is 9.61. The molecule has 164 valence electrons. The maximum absolute atomic E-state index is 13.0. The molecule has 9 heteroatoms. The largest absolute Gasteiger partial charge is 0.449 e. The highest BCUT2D eigenvalue weighted by atomic mass is 32.1. The van der Waals surface area contributed by atoms with Crippen LogP contribution in [0.5, 0.6) is 0 Å². The number of ether oxygens (including phenoxy) is 1. The summed E-state index contributed by atoms with van der Waals surface area (Å²) in [5.41, 5.74) is 6.28. The monoisotopic (exact) mass is 451 g/mol. The van der Waals surface area contributed by atoms with Gasteiger partial charge in [-0.05, 0) is 42.6 Å². The quantitative estimate of drug-likeness (QED) is 0.534. The van der Waals surface area contributed by atoms with Crippen molar-refractivity contribution in [1.82, 2.24) is 0 Å². The smallest absolute Gasteiger partial charge is 0.339 e. The van der Waals surface area contributed by atoms with E-state index in [2.05, 4.69) is 5.32 Å². The summed E-state index contributed by atoms with van der Waals surface area (Å²) in [5, 5.41) is 4.41. The summed E-state index contributed by atoms with van der Waals surface area (Å²) in [4.78, 5) is 51.1. The SMILES string of the molecule is CC(OC(=O)c1ccccc1C(=O)N(C)c1ccccc1)C(=O)Nc1sccc1C(N)=O. The van der Waals surface area contributed by atoms with E-state index in [0.29, 0.717) is 5.69 Å². The van der Waals surface area contributed by atoms with Crippen LogP contribution < -0.4 is 16.0 Å². The van der Waals surface area contributed by atoms with Gasteiger partial charge in [-0.25, -0.2) is 4.79 Å². The Kier molecular flexibility index (Phi) is 7.01. The van der Waals surface area contributed by atoms with Crippen molar-refractivity contribution in [2.45, 2.75) is 13.0 Å². The number of primary amides is 1. The van der Waals surface area contributed by atoms with Crippen LogP contribution in [0, 0.1) is 0 Å². The molecule has 3 aromatic rings. The molecule has 0 saturated heterocycles. The van der Waals surface area contributed by atoms with Gasteiger partial charge >= 0.3 is 5.97 Å². The number of nitrogens with zero attached hydrogens (tertiary/aromatic N) is 1. The van der Waals surface area contributed by atoms with Gasteiger partial charge < -0.3 is 20.7 Å². The Morgan fingerprint density at radius 3 is 2.22 bits per heavy atom. The highest BCUT2D eigenvalue weighted by Gasteiger charge is 2.25. The third-order valence-electron chi connectivity index (χ3n) is 4.65. The predicted octanol–water partition coefficient (Wildman–Crippen LogP) is 3.31. The molecule has 1 heterocycles. The molecule has 0 aliphatic heterocycles. The third-order valence-corrected chi connectivity index (χ3v) is 5.48. The molecule has 3 amide bonds. The van der Waals surface area contributed by atoms with Crippen LogP contribution in [0.1, 0.15) is 38.0 Å². The van der Waals surface area contributed by atoms with Gasteiger partial charge in [0.05, 0.1) is 16.7 Å². The Morgan fingerprint density at radius 2 is 1.56 bits per heavy atom. The molecule has 1 unspecified atom stereocenters. The van der Waals surface area contributed by atoms with Gasteiger partial charge in [-0.2, -0.15) is 0 Å². The van der Waals surface area contributed by atoms with Gasteiger partial charge in [-0.3, -0.25) is 14.4 Å². The lowest BCUT2D eigenvalue weighted by atomic mass is 10.1. The number of amides is 3. The number of thiophene rings is 1. The van der Waals surface area contributed by atoms with Gasteiger partial charge in [0.25, 0.3) is 17.7 Å². The average Bonchev–Trinajstić information content (AvgIpc) is 3.27. The number of carbonyl (C=O) groups excluding carboxylic acids is 4. The lowest BCUT2D eigenvalue weighted by molar-refractivity contribution is -0.123. The van der Waals surface area contributed by atoms with E-state index < -0.39 is 29.8 Å². The highest BCUT2D eigenvalue weighted by Crippen LogP contribution is 2.23. The predicted molar refractivity (Wildman–Crippen MR) is 122 cm³/mol. The summed E-state index contributed by atoms with van der Waals surface area (Å²) in [6, 6.07) is 16.7. The Morgan fingerprint density at radius 1 is 0.938 bits per heavy atom. The summed E-state index contributed by atoms with van der Waals surface area (Å²) >= 11 is 1.12. The third kappa shape index (κ3) is 5.01. The summed E-state index contributed by atoms with van der Waals surface area (Å²) in [5.74, 6) is -2.53. The number of para-hydroxylation sites is 1. The van der Waals surface area contributed by atoms with Gasteiger partial charge in [-0.15, -0.1) is 11.3 Å². The maximum Gasteiger partial charge on any atom is 0.339 e. The van der Waals surface area contributed by atoms with Gasteiger partial charge in [-0.1, -0.05) is 30.3 Å². The molecule has 0 saturated carbocycles. The number of anilines is 2. The second-order valence-corrected chi connectivity index (χ2v) is 7.73. The summed E-state index contributed by atoms with van der Waals surface area (Å²) in [6.07, 6.45) is -1.18. The molecule has 0 fully saturated rings. The van der Waals surface area contributed by atoms with E-state index >= 15 is 0 Å². The molecule has 1 aromatic heterocycles. The number of rotatable bonds is 7. The topological polar surface area (TPSA) is 119 Å². The lowest BCUT2D eigenvalue weighted by Crippen LogP contribution is -2.32. The molecule has 1 atom stereocenters. The van der Waals surface area contributed by atoms with Gasteiger partial charge in [0.15, 0.2) is 6.10 Å². The van der Waals surface area contributed by atoms with E-state index in [9.17, 15) is 19.2 Å². The molecule has 0 radical (unpaired) electrons. The Balaban J connectivity index is 1.74. The van der Waals surface area contributed by atoms with Crippen molar-refractivity contribution in [2.75, 3.05) is 17.3 Å². The molecule has 0 spiro atoms. The number of hydrogen-bond donors (Lipinski definition) is 2. The molecule has 2 aromatic carbocycles. The number of carbonyl (C=O) groups is 4. The molecule has 0 aliphatic carbocycles. The number of benzene rings is 2. The van der Waals surface area contributed by atoms with Gasteiger partial charge in [0, 0.05) is 12.7 Å². The fourth-order valence-electron chi connectivity index (χ4n) is 2.89. The van der Waals surface area contributed by atoms with Gasteiger partial charge in [0.1, 0.15) is 5.00 Å². The Hall–Kier alpha value is -3.98. The van der Waals surface area contributed by atoms with Crippen LogP contribution in [0.4, 0.5) is 10.7 Å². The minimum atomic E-state index is -1.18. The molecule has 3 rings (SSSR count). The Bertz CT molecular complexity index is 1160. The number of hydrogen-bond acceptors (Lipinski definition) is 6. The molecule has 3 N–H and O–H groups in total. The number of esters is 1. The Labute approximate surface area is 188 Å². The lowest BCUT2D eigenvalue weighted by Gasteiger charge is -2.19. The van der Waals surface area contributed by atoms with Crippen molar-refractivity contribution in [3.63, 3.8) is 0 Å². The second kappa shape index (κ2) is 9.88. The van der Waals surface area contributed by atoms with Gasteiger partial charge in [0.2, 0.25) is 0 Å². The number of nitrogens with one attached hydrogen (secondary N) is 1. The van der Waals surface area contributed by atoms with Crippen molar-refractivity contribution in [1.29, 1.82) is 0 Å². The van der Waals surface area contributed by atoms with Crippen LogP contribution in [-0.4, -0.2) is 36.8 Å². The zero-order valence-electron chi connectivity index (χ0n) is 17.4. The van der Waals surface area contributed by atoms with Crippen molar-refractivity contribution in [3.8, 4) is 0 Å². The fourth-order valence-corrected chi connectivity index (χ4v) is 3.68. The first kappa shape index (κ1) is 22.7. The fraction of sp³-hybridized carbons (Fsp3) is 0.130. The van der Waals surface area contributed by atoms with Crippen molar-refractivity contribution in [3.05, 3.63) is 82.7 Å². The standard InChI is InChI=1S/C23H21N3O5S/c1-14(20(28)25-21-18(19(24)27)12-13-32-21)31-23(30)17-11-7-6-10-16(17)22(29)26(2)15-8-4-3-5-9-15/h3-14H,1-2H3,(H2,24,27)(H,25,28). The molecular formula is C23H21N3O5S. The zero-order chi connectivity index (χ0) is 23.3. The summed E-state index contributed by atoms with van der Waals surface area (Å²) < 4.78 is 5.29. The molecular weight excluding hydrogens is 430 g/mol. The molecule has 0 aliphatic rings. The first-order chi connectivity index (χ1) is 15.3. The molecule has 8 nitrogen and oxygen atoms in total. The van der Waals surface area contributed by atoms with Crippen molar-refractivity contribution in [2.24, 2.45) is 5.73 Å². The summed E-state index contributed by atoms with van der Waals surface area (Å²) in [7, 11) is 1.60. The van der Waals surface area contributed by atoms with E-state index in [1.165, 1.54) is 30.0 Å². The summed E-state index contributed by atoms with van der Waals surface area (Å²) in [6.45, 7) is 1.39. The van der Waals surface area contributed by atoms with Crippen LogP contribution in [0.15, 0.2) is 66.0 Å². The minimum Gasteiger partial charge on any atom is -0.449 e. The normalized spacial score (nSPS) is 11.3. The maximum atomic E-state index is 13.0. The first-order valence-corrected chi connectivity index (χ1v) is 10.5. The van der Waals surface area contributed by atoms with Crippen molar-refractivity contribution >= 4 is 45.7 Å². The van der Waals surface area contributed by atoms with E-state index in [-0.39, 0.29) is 21.7 Å². The van der Waals surface area contributed by atoms with Crippen LogP contribution in [0.3, 0.4) is 0 Å². The van der Waals surface area contributed by atoms with E-state index in [4.69, 9.17) is 10.5 Å². The average molecular weight is 452 g/mol. The van der Waals surface area contributed by atoms with Crippen molar-refractivity contribution < 1.29 is 23.9 Å². The van der Waals surface area contributed by atoms with E-state index in [0.717, 1.165) is 11.3 Å². The molecule has 0 bridgehead atoms. The minimum absolute atomic E-state index is 0.0360. The van der Waals surface area contributed by atoms with Crippen LogP contribution in [0.2, 0.25) is 0 Å². The molecule has 32 heavy (non-hydrogen) atoms. The second-order valence-electron chi connectivity index (χ2n) is 6.81. The van der Waals surface area contributed by atoms with Crippen LogP contribution >= 0.6 is 11.3 Å². The van der Waals surface area contributed by atoms with Crippen LogP contribution in [-0.2, 0) is 9.53 Å². The van der Waals surface area contributed by atoms with E-state index in [1.54, 1.807) is 48.8 Å².